The zero-order valence-corrected chi connectivity index (χ0v) is 17.9. The molecule has 148 valence electrons. The van der Waals surface area contributed by atoms with Gasteiger partial charge in [-0.25, -0.2) is 14.8 Å². The number of thiophene rings is 1. The average Bonchev–Trinajstić information content (AvgIpc) is 2.89. The van der Waals surface area contributed by atoms with Crippen molar-refractivity contribution in [1.82, 2.24) is 14.9 Å². The standard InChI is InChI=1S/C20H29N3O3S/c1-12-13(2)27-18-16(12)17(21-11-22-18)25-15-9-7-14(8-10-15)23(6)19(24)26-20(3,4)5/h11,14-15H,7-10H2,1-6H3/t14-,15-. The van der Waals surface area contributed by atoms with E-state index in [1.807, 2.05) is 27.8 Å². The Kier molecular flexibility index (Phi) is 5.60. The Hall–Kier alpha value is -1.89. The summed E-state index contributed by atoms with van der Waals surface area (Å²) < 4.78 is 11.7. The lowest BCUT2D eigenvalue weighted by Gasteiger charge is -2.35. The number of hydrogen-bond donors (Lipinski definition) is 0. The van der Waals surface area contributed by atoms with Gasteiger partial charge in [0.25, 0.3) is 0 Å². The van der Waals surface area contributed by atoms with Crippen molar-refractivity contribution in [3.05, 3.63) is 16.8 Å². The number of aromatic nitrogens is 2. The van der Waals surface area contributed by atoms with Crippen molar-refractivity contribution in [1.29, 1.82) is 0 Å². The third-order valence-corrected chi connectivity index (χ3v) is 6.20. The number of aryl methyl sites for hydroxylation is 2. The average molecular weight is 392 g/mol. The van der Waals surface area contributed by atoms with Gasteiger partial charge in [-0.1, -0.05) is 0 Å². The van der Waals surface area contributed by atoms with Crippen molar-refractivity contribution < 1.29 is 14.3 Å². The highest BCUT2D eigenvalue weighted by Crippen LogP contribution is 2.35. The maximum absolute atomic E-state index is 12.3. The zero-order valence-electron chi connectivity index (χ0n) is 17.0. The summed E-state index contributed by atoms with van der Waals surface area (Å²) in [5.74, 6) is 0.686. The smallest absolute Gasteiger partial charge is 0.410 e. The maximum atomic E-state index is 12.3. The Morgan fingerprint density at radius 2 is 1.85 bits per heavy atom. The van der Waals surface area contributed by atoms with Crippen LogP contribution in [0, 0.1) is 13.8 Å². The number of ether oxygens (including phenoxy) is 2. The Morgan fingerprint density at radius 3 is 2.48 bits per heavy atom. The summed E-state index contributed by atoms with van der Waals surface area (Å²) >= 11 is 1.68. The van der Waals surface area contributed by atoms with Crippen molar-refractivity contribution >= 4 is 27.6 Å². The van der Waals surface area contributed by atoms with Gasteiger partial charge in [-0.3, -0.25) is 0 Å². The second-order valence-electron chi connectivity index (χ2n) is 8.28. The van der Waals surface area contributed by atoms with Crippen LogP contribution in [0.4, 0.5) is 4.79 Å². The molecule has 2 aromatic heterocycles. The number of carbonyl (C=O) groups is 1. The number of nitrogens with zero attached hydrogens (tertiary/aromatic N) is 3. The van der Waals surface area contributed by atoms with Crippen LogP contribution in [0.3, 0.4) is 0 Å². The van der Waals surface area contributed by atoms with E-state index >= 15 is 0 Å². The molecule has 0 unspecified atom stereocenters. The molecular weight excluding hydrogens is 362 g/mol. The number of hydrogen-bond acceptors (Lipinski definition) is 6. The van der Waals surface area contributed by atoms with E-state index in [1.165, 1.54) is 10.4 Å². The molecule has 1 fully saturated rings. The van der Waals surface area contributed by atoms with Gasteiger partial charge >= 0.3 is 6.09 Å². The summed E-state index contributed by atoms with van der Waals surface area (Å²) in [7, 11) is 1.82. The molecule has 27 heavy (non-hydrogen) atoms. The number of fused-ring (bicyclic) bond motifs is 1. The molecule has 1 amide bonds. The summed E-state index contributed by atoms with van der Waals surface area (Å²) in [4.78, 5) is 25.0. The van der Waals surface area contributed by atoms with Gasteiger partial charge in [-0.05, 0) is 65.9 Å². The van der Waals surface area contributed by atoms with Crippen LogP contribution in [0.15, 0.2) is 6.33 Å². The molecule has 6 nitrogen and oxygen atoms in total. The molecule has 0 aromatic carbocycles. The van der Waals surface area contributed by atoms with Crippen molar-refractivity contribution in [2.45, 2.75) is 78.0 Å². The number of rotatable bonds is 3. The van der Waals surface area contributed by atoms with Gasteiger partial charge in [-0.2, -0.15) is 0 Å². The summed E-state index contributed by atoms with van der Waals surface area (Å²) in [6.45, 7) is 9.86. The fraction of sp³-hybridized carbons (Fsp3) is 0.650. The highest BCUT2D eigenvalue weighted by molar-refractivity contribution is 7.18. The van der Waals surface area contributed by atoms with Crippen LogP contribution in [-0.4, -0.2) is 45.8 Å². The second kappa shape index (κ2) is 7.62. The number of amides is 1. The van der Waals surface area contributed by atoms with Crippen LogP contribution in [0.25, 0.3) is 10.2 Å². The van der Waals surface area contributed by atoms with Crippen LogP contribution in [0.2, 0.25) is 0 Å². The van der Waals surface area contributed by atoms with Crippen LogP contribution >= 0.6 is 11.3 Å². The molecular formula is C20H29N3O3S. The minimum absolute atomic E-state index is 0.117. The van der Waals surface area contributed by atoms with E-state index in [2.05, 4.69) is 23.8 Å². The van der Waals surface area contributed by atoms with Gasteiger partial charge in [0.15, 0.2) is 0 Å². The first-order valence-electron chi connectivity index (χ1n) is 9.49. The lowest BCUT2D eigenvalue weighted by atomic mass is 9.92. The Bertz CT molecular complexity index is 820. The van der Waals surface area contributed by atoms with E-state index in [1.54, 1.807) is 22.6 Å². The molecule has 0 radical (unpaired) electrons. The zero-order chi connectivity index (χ0) is 19.8. The minimum Gasteiger partial charge on any atom is -0.474 e. The van der Waals surface area contributed by atoms with E-state index in [-0.39, 0.29) is 18.2 Å². The molecule has 1 aliphatic rings. The molecule has 0 atom stereocenters. The monoisotopic (exact) mass is 391 g/mol. The van der Waals surface area contributed by atoms with Gasteiger partial charge in [-0.15, -0.1) is 11.3 Å². The largest absolute Gasteiger partial charge is 0.474 e. The molecule has 2 aromatic rings. The molecule has 0 spiro atoms. The van der Waals surface area contributed by atoms with Crippen LogP contribution in [-0.2, 0) is 4.74 Å². The highest BCUT2D eigenvalue weighted by atomic mass is 32.1. The van der Waals surface area contributed by atoms with Gasteiger partial charge in [0.1, 0.15) is 22.9 Å². The number of carbonyl (C=O) groups excluding carboxylic acids is 1. The molecule has 7 heteroatoms. The van der Waals surface area contributed by atoms with Gasteiger partial charge in [0, 0.05) is 18.0 Å². The normalized spacial score (nSPS) is 20.5. The second-order valence-corrected chi connectivity index (χ2v) is 9.49. The molecule has 0 saturated heterocycles. The highest BCUT2D eigenvalue weighted by Gasteiger charge is 2.30. The summed E-state index contributed by atoms with van der Waals surface area (Å²) in [5, 5.41) is 1.04. The summed E-state index contributed by atoms with van der Waals surface area (Å²) in [5.41, 5.74) is 0.726. The van der Waals surface area contributed by atoms with Gasteiger partial charge in [0.05, 0.1) is 5.39 Å². The third-order valence-electron chi connectivity index (χ3n) is 5.08. The van der Waals surface area contributed by atoms with Crippen LogP contribution in [0.1, 0.15) is 56.9 Å². The Balaban J connectivity index is 1.61. The van der Waals surface area contributed by atoms with Gasteiger partial charge in [0.2, 0.25) is 5.88 Å². The minimum atomic E-state index is -0.472. The fourth-order valence-electron chi connectivity index (χ4n) is 3.43. The molecule has 0 aliphatic heterocycles. The third kappa shape index (κ3) is 4.51. The first-order valence-corrected chi connectivity index (χ1v) is 10.3. The molecule has 0 N–H and O–H groups in total. The van der Waals surface area contributed by atoms with Crippen LogP contribution < -0.4 is 4.74 Å². The van der Waals surface area contributed by atoms with Crippen molar-refractivity contribution in [2.75, 3.05) is 7.05 Å². The molecule has 3 rings (SSSR count). The van der Waals surface area contributed by atoms with Gasteiger partial charge < -0.3 is 14.4 Å². The first-order chi connectivity index (χ1) is 12.7. The van der Waals surface area contributed by atoms with Crippen molar-refractivity contribution in [2.24, 2.45) is 0 Å². The molecule has 0 bridgehead atoms. The summed E-state index contributed by atoms with van der Waals surface area (Å²) in [6, 6.07) is 0.190. The lowest BCUT2D eigenvalue weighted by Crippen LogP contribution is -2.43. The maximum Gasteiger partial charge on any atom is 0.410 e. The predicted molar refractivity (Wildman–Crippen MR) is 108 cm³/mol. The predicted octanol–water partition coefficient (Wildman–Crippen LogP) is 4.87. The first kappa shape index (κ1) is 19.9. The van der Waals surface area contributed by atoms with Crippen molar-refractivity contribution in [3.63, 3.8) is 0 Å². The van der Waals surface area contributed by atoms with E-state index in [4.69, 9.17) is 9.47 Å². The Morgan fingerprint density at radius 1 is 1.19 bits per heavy atom. The van der Waals surface area contributed by atoms with E-state index in [9.17, 15) is 4.79 Å². The van der Waals surface area contributed by atoms with E-state index in [0.29, 0.717) is 5.88 Å². The van der Waals surface area contributed by atoms with E-state index in [0.717, 1.165) is 35.9 Å². The lowest BCUT2D eigenvalue weighted by molar-refractivity contribution is 0.0138. The topological polar surface area (TPSA) is 64.6 Å². The van der Waals surface area contributed by atoms with E-state index < -0.39 is 5.60 Å². The molecule has 1 aliphatic carbocycles. The molecule has 1 saturated carbocycles. The Labute approximate surface area is 164 Å². The van der Waals surface area contributed by atoms with Crippen LogP contribution in [0.5, 0.6) is 5.88 Å². The fourth-order valence-corrected chi connectivity index (χ4v) is 4.42. The SMILES string of the molecule is Cc1sc2ncnc(O[C@H]3CC[C@H](N(C)C(=O)OC(C)(C)C)CC3)c2c1C. The molecule has 2 heterocycles. The quantitative estimate of drug-likeness (QED) is 0.747. The van der Waals surface area contributed by atoms with Crippen molar-refractivity contribution in [3.8, 4) is 5.88 Å². The summed E-state index contributed by atoms with van der Waals surface area (Å²) in [6.07, 6.45) is 5.03.